The van der Waals surface area contributed by atoms with Gasteiger partial charge >= 0.3 is 0 Å². The monoisotopic (exact) mass is 377 g/mol. The second-order valence-electron chi connectivity index (χ2n) is 6.77. The molecule has 0 unspecified atom stereocenters. The summed E-state index contributed by atoms with van der Waals surface area (Å²) in [4.78, 5) is 17.5. The van der Waals surface area contributed by atoms with Crippen molar-refractivity contribution in [3.8, 4) is 0 Å². The summed E-state index contributed by atoms with van der Waals surface area (Å²) in [6.07, 6.45) is 4.93. The summed E-state index contributed by atoms with van der Waals surface area (Å²) < 4.78 is 0. The van der Waals surface area contributed by atoms with Crippen LogP contribution < -0.4 is 5.32 Å². The molecule has 0 spiro atoms. The predicted molar refractivity (Wildman–Crippen MR) is 107 cm³/mol. The number of nitrogens with one attached hydrogen (secondary N) is 1. The Labute approximate surface area is 158 Å². The molecule has 2 heterocycles. The molecule has 0 amide bonds. The summed E-state index contributed by atoms with van der Waals surface area (Å²) in [5.74, 6) is 1.36. The molecule has 5 nitrogen and oxygen atoms in total. The number of guanidine groups is 1. The molecule has 1 aliphatic rings. The fourth-order valence-corrected chi connectivity index (χ4v) is 5.02. The third kappa shape index (κ3) is 4.58. The van der Waals surface area contributed by atoms with Gasteiger partial charge in [0.25, 0.3) is 0 Å². The molecule has 1 aliphatic carbocycles. The van der Waals surface area contributed by atoms with Crippen LogP contribution in [0.4, 0.5) is 0 Å². The minimum atomic E-state index is 0.483. The molecule has 25 heavy (non-hydrogen) atoms. The van der Waals surface area contributed by atoms with Gasteiger partial charge in [0, 0.05) is 30.3 Å². The van der Waals surface area contributed by atoms with E-state index in [-0.39, 0.29) is 0 Å². The van der Waals surface area contributed by atoms with Crippen LogP contribution in [0, 0.1) is 0 Å². The Kier molecular flexibility index (Phi) is 6.06. The smallest absolute Gasteiger partial charge is 0.194 e. The lowest BCUT2D eigenvalue weighted by Crippen LogP contribution is -2.38. The number of hydrogen-bond donors (Lipinski definition) is 1. The van der Waals surface area contributed by atoms with E-state index >= 15 is 0 Å². The third-order valence-corrected chi connectivity index (χ3v) is 6.66. The summed E-state index contributed by atoms with van der Waals surface area (Å²) in [5.41, 5.74) is 2.40. The fourth-order valence-electron chi connectivity index (χ4n) is 2.97. The number of thiazole rings is 2. The maximum absolute atomic E-state index is 4.83. The summed E-state index contributed by atoms with van der Waals surface area (Å²) in [6, 6.07) is 0. The molecule has 0 fully saturated rings. The number of rotatable bonds is 5. The molecule has 0 saturated carbocycles. The van der Waals surface area contributed by atoms with Crippen LogP contribution in [0.1, 0.15) is 58.9 Å². The van der Waals surface area contributed by atoms with Gasteiger partial charge in [-0.15, -0.1) is 22.7 Å². The summed E-state index contributed by atoms with van der Waals surface area (Å²) >= 11 is 3.60. The van der Waals surface area contributed by atoms with Crippen molar-refractivity contribution in [1.29, 1.82) is 0 Å². The zero-order valence-corrected chi connectivity index (χ0v) is 17.1. The van der Waals surface area contributed by atoms with Gasteiger partial charge in [-0.3, -0.25) is 4.99 Å². The van der Waals surface area contributed by atoms with Gasteiger partial charge in [-0.2, -0.15) is 0 Å². The van der Waals surface area contributed by atoms with Crippen molar-refractivity contribution < 1.29 is 0 Å². The van der Waals surface area contributed by atoms with Crippen molar-refractivity contribution in [3.05, 3.63) is 31.7 Å². The highest BCUT2D eigenvalue weighted by Crippen LogP contribution is 2.27. The predicted octanol–water partition coefficient (Wildman–Crippen LogP) is 3.81. The van der Waals surface area contributed by atoms with Crippen molar-refractivity contribution in [3.63, 3.8) is 0 Å². The molecule has 3 rings (SSSR count). The van der Waals surface area contributed by atoms with Crippen molar-refractivity contribution in [2.24, 2.45) is 4.99 Å². The molecule has 0 aromatic carbocycles. The molecular formula is C18H27N5S2. The quantitative estimate of drug-likeness (QED) is 0.636. The first-order chi connectivity index (χ1) is 12.1. The van der Waals surface area contributed by atoms with Gasteiger partial charge in [-0.05, 0) is 25.7 Å². The number of nitrogens with zero attached hydrogens (tertiary/aromatic N) is 4. The van der Waals surface area contributed by atoms with E-state index in [1.54, 1.807) is 11.3 Å². The van der Waals surface area contributed by atoms with Crippen LogP contribution in [0.15, 0.2) is 10.4 Å². The van der Waals surface area contributed by atoms with Gasteiger partial charge in [0.2, 0.25) is 0 Å². The van der Waals surface area contributed by atoms with E-state index in [0.29, 0.717) is 12.5 Å². The minimum absolute atomic E-state index is 0.483. The van der Waals surface area contributed by atoms with Crippen LogP contribution in [0.25, 0.3) is 0 Å². The molecule has 0 bridgehead atoms. The number of aromatic nitrogens is 2. The lowest BCUT2D eigenvalue weighted by Gasteiger charge is -2.20. The van der Waals surface area contributed by atoms with Crippen LogP contribution in [0.5, 0.6) is 0 Å². The van der Waals surface area contributed by atoms with Gasteiger partial charge in [0.15, 0.2) is 5.96 Å². The minimum Gasteiger partial charge on any atom is -0.351 e. The largest absolute Gasteiger partial charge is 0.351 e. The van der Waals surface area contributed by atoms with E-state index in [2.05, 4.69) is 46.5 Å². The number of fused-ring (bicyclic) bond motifs is 1. The molecule has 136 valence electrons. The maximum Gasteiger partial charge on any atom is 0.194 e. The molecule has 2 aromatic rings. The second-order valence-corrected chi connectivity index (χ2v) is 8.83. The first-order valence-electron chi connectivity index (χ1n) is 8.90. The van der Waals surface area contributed by atoms with Gasteiger partial charge in [-0.1, -0.05) is 13.8 Å². The average molecular weight is 378 g/mol. The maximum atomic E-state index is 4.83. The zero-order chi connectivity index (χ0) is 17.8. The number of aryl methyl sites for hydroxylation is 2. The topological polar surface area (TPSA) is 53.4 Å². The van der Waals surface area contributed by atoms with E-state index in [4.69, 9.17) is 4.98 Å². The molecular weight excluding hydrogens is 350 g/mol. The Bertz CT molecular complexity index is 708. The fraction of sp³-hybridized carbons (Fsp3) is 0.611. The Morgan fingerprint density at radius 1 is 1.32 bits per heavy atom. The molecule has 2 aromatic heterocycles. The highest BCUT2D eigenvalue weighted by molar-refractivity contribution is 7.11. The molecule has 0 radical (unpaired) electrons. The molecule has 7 heteroatoms. The number of aliphatic imine (C=N–C) groups is 1. The molecule has 0 atom stereocenters. The van der Waals surface area contributed by atoms with Crippen molar-refractivity contribution in [2.75, 3.05) is 14.1 Å². The van der Waals surface area contributed by atoms with Crippen LogP contribution >= 0.6 is 22.7 Å². The van der Waals surface area contributed by atoms with E-state index in [9.17, 15) is 0 Å². The Morgan fingerprint density at radius 2 is 2.12 bits per heavy atom. The second kappa shape index (κ2) is 8.27. The Hall–Kier alpha value is -1.47. The lowest BCUT2D eigenvalue weighted by atomic mass is 10.0. The van der Waals surface area contributed by atoms with Gasteiger partial charge < -0.3 is 10.2 Å². The van der Waals surface area contributed by atoms with Crippen LogP contribution in [0.3, 0.4) is 0 Å². The zero-order valence-electron chi connectivity index (χ0n) is 15.5. The summed E-state index contributed by atoms with van der Waals surface area (Å²) in [6.45, 7) is 5.85. The first-order valence-corrected chi connectivity index (χ1v) is 10.6. The Morgan fingerprint density at radius 3 is 2.80 bits per heavy atom. The third-order valence-electron chi connectivity index (χ3n) is 4.33. The first kappa shape index (κ1) is 18.3. The van der Waals surface area contributed by atoms with Crippen molar-refractivity contribution in [1.82, 2.24) is 20.2 Å². The summed E-state index contributed by atoms with van der Waals surface area (Å²) in [7, 11) is 3.89. The van der Waals surface area contributed by atoms with Crippen LogP contribution in [-0.4, -0.2) is 34.9 Å². The van der Waals surface area contributed by atoms with Crippen molar-refractivity contribution in [2.45, 2.75) is 58.5 Å². The highest BCUT2D eigenvalue weighted by atomic mass is 32.1. The summed E-state index contributed by atoms with van der Waals surface area (Å²) in [5, 5.41) is 7.92. The highest BCUT2D eigenvalue weighted by Gasteiger charge is 2.17. The van der Waals surface area contributed by atoms with E-state index in [0.717, 1.165) is 24.6 Å². The lowest BCUT2D eigenvalue weighted by molar-refractivity contribution is 0.474. The van der Waals surface area contributed by atoms with Crippen LogP contribution in [0.2, 0.25) is 0 Å². The van der Waals surface area contributed by atoms with Crippen molar-refractivity contribution >= 4 is 28.6 Å². The van der Waals surface area contributed by atoms with E-state index in [1.165, 1.54) is 39.8 Å². The Balaban J connectivity index is 1.57. The van der Waals surface area contributed by atoms with E-state index < -0.39 is 0 Å². The molecule has 0 saturated heterocycles. The normalized spacial score (nSPS) is 14.7. The van der Waals surface area contributed by atoms with E-state index in [1.807, 2.05) is 18.4 Å². The molecule has 1 N–H and O–H groups in total. The average Bonchev–Trinajstić information content (AvgIpc) is 3.21. The van der Waals surface area contributed by atoms with Gasteiger partial charge in [0.1, 0.15) is 5.01 Å². The van der Waals surface area contributed by atoms with Gasteiger partial charge in [0.05, 0.1) is 29.5 Å². The van der Waals surface area contributed by atoms with Crippen LogP contribution in [-0.2, 0) is 25.9 Å². The standard InChI is InChI=1S/C18H27N5S2/c1-12(2)17-21-13(11-24-17)9-20-18(19-3)23(4)10-16-22-14-7-5-6-8-15(14)25-16/h11-12H,5-10H2,1-4H3,(H,19,20). The van der Waals surface area contributed by atoms with Gasteiger partial charge in [-0.25, -0.2) is 9.97 Å². The molecule has 0 aliphatic heterocycles. The SMILES string of the molecule is CN=C(NCc1csc(C(C)C)n1)N(C)Cc1nc2c(s1)CCCC2. The number of hydrogen-bond acceptors (Lipinski definition) is 5.